The van der Waals surface area contributed by atoms with Crippen molar-refractivity contribution in [3.05, 3.63) is 97.1 Å². The predicted octanol–water partition coefficient (Wildman–Crippen LogP) is 6.38. The zero-order chi connectivity index (χ0) is 20.1. The molecule has 144 valence electrons. The van der Waals surface area contributed by atoms with Gasteiger partial charge >= 0.3 is 0 Å². The van der Waals surface area contributed by atoms with Crippen LogP contribution in [0, 0.1) is 0 Å². The molecule has 0 radical (unpaired) electrons. The van der Waals surface area contributed by atoms with Crippen molar-refractivity contribution in [3.63, 3.8) is 0 Å². The third kappa shape index (κ3) is 3.92. The first kappa shape index (κ1) is 18.6. The van der Waals surface area contributed by atoms with Crippen LogP contribution in [0.2, 0.25) is 0 Å². The van der Waals surface area contributed by atoms with E-state index < -0.39 is 0 Å². The van der Waals surface area contributed by atoms with Gasteiger partial charge in [0.1, 0.15) is 5.71 Å². The molecule has 0 aliphatic heterocycles. The van der Waals surface area contributed by atoms with E-state index in [1.54, 1.807) is 18.2 Å². The van der Waals surface area contributed by atoms with Gasteiger partial charge in [0.2, 0.25) is 0 Å². The lowest BCUT2D eigenvalue weighted by Crippen LogP contribution is -1.95. The summed E-state index contributed by atoms with van der Waals surface area (Å²) in [4.78, 5) is 10.1. The number of hydrogen-bond donors (Lipinski definition) is 0. The van der Waals surface area contributed by atoms with E-state index in [-0.39, 0.29) is 0 Å². The van der Waals surface area contributed by atoms with Gasteiger partial charge in [0, 0.05) is 28.4 Å². The van der Waals surface area contributed by atoms with Gasteiger partial charge < -0.3 is 4.57 Å². The number of oxime groups is 1. The van der Waals surface area contributed by atoms with Gasteiger partial charge in [-0.15, -0.1) is 0 Å². The molecule has 0 fully saturated rings. The standard InChI is InChI=1S/C25H22N2O2/c1-3-20(26-29-28-21-10-6-5-7-11-21)16-14-19-15-17-25-23(18-19)22-12-8-9-13-24(22)27(25)4-2/h3,5-18H,1,4H2,2H3. The summed E-state index contributed by atoms with van der Waals surface area (Å²) < 4.78 is 2.34. The number of aromatic nitrogens is 1. The van der Waals surface area contributed by atoms with Gasteiger partial charge in [-0.2, -0.15) is 4.99 Å². The van der Waals surface area contributed by atoms with Crippen molar-refractivity contribution in [2.45, 2.75) is 13.5 Å². The van der Waals surface area contributed by atoms with Crippen LogP contribution in [0.5, 0.6) is 5.75 Å². The maximum atomic E-state index is 5.14. The molecule has 4 rings (SSSR count). The Hall–Kier alpha value is -3.79. The van der Waals surface area contributed by atoms with E-state index in [9.17, 15) is 0 Å². The summed E-state index contributed by atoms with van der Waals surface area (Å²) in [6, 6.07) is 24.2. The smallest absolute Gasteiger partial charge is 0.181 e. The van der Waals surface area contributed by atoms with E-state index in [0.29, 0.717) is 11.5 Å². The Morgan fingerprint density at radius 2 is 1.72 bits per heavy atom. The highest BCUT2D eigenvalue weighted by Gasteiger charge is 2.08. The number of fused-ring (bicyclic) bond motifs is 3. The van der Waals surface area contributed by atoms with E-state index in [1.807, 2.05) is 30.4 Å². The minimum atomic E-state index is 0.567. The van der Waals surface area contributed by atoms with Crippen molar-refractivity contribution in [2.24, 2.45) is 5.16 Å². The fourth-order valence-corrected chi connectivity index (χ4v) is 3.41. The number of allylic oxidation sites excluding steroid dienone is 2. The number of aryl methyl sites for hydroxylation is 1. The SMILES string of the molecule is C=CC(C=Cc1ccc2c(c1)c1ccccc1n2CC)=NOOc1ccccc1. The minimum absolute atomic E-state index is 0.567. The summed E-state index contributed by atoms with van der Waals surface area (Å²) in [6.45, 7) is 6.89. The van der Waals surface area contributed by atoms with Gasteiger partial charge in [-0.3, -0.25) is 4.89 Å². The molecule has 4 heteroatoms. The largest absolute Gasteiger partial charge is 0.341 e. The Bertz CT molecular complexity index is 1200. The second-order valence-electron chi connectivity index (χ2n) is 6.56. The molecule has 29 heavy (non-hydrogen) atoms. The lowest BCUT2D eigenvalue weighted by molar-refractivity contribution is -0.206. The second kappa shape index (κ2) is 8.48. The molecular formula is C25H22N2O2. The van der Waals surface area contributed by atoms with E-state index in [0.717, 1.165) is 12.1 Å². The molecule has 0 N–H and O–H groups in total. The molecule has 4 aromatic rings. The molecule has 0 aliphatic rings. The highest BCUT2D eigenvalue weighted by Crippen LogP contribution is 2.29. The van der Waals surface area contributed by atoms with Crippen LogP contribution in [-0.2, 0) is 11.5 Å². The Labute approximate surface area is 169 Å². The molecule has 0 unspecified atom stereocenters. The number of para-hydroxylation sites is 2. The van der Waals surface area contributed by atoms with Crippen LogP contribution < -0.4 is 4.89 Å². The van der Waals surface area contributed by atoms with Gasteiger partial charge in [0.05, 0.1) is 0 Å². The molecule has 0 aliphatic carbocycles. The summed E-state index contributed by atoms with van der Waals surface area (Å²) >= 11 is 0. The molecule has 0 atom stereocenters. The minimum Gasteiger partial charge on any atom is -0.341 e. The van der Waals surface area contributed by atoms with E-state index in [1.165, 1.54) is 21.8 Å². The summed E-state index contributed by atoms with van der Waals surface area (Å²) in [6.07, 6.45) is 5.46. The molecule has 0 saturated carbocycles. The summed E-state index contributed by atoms with van der Waals surface area (Å²) in [7, 11) is 0. The molecular weight excluding hydrogens is 360 g/mol. The maximum Gasteiger partial charge on any atom is 0.181 e. The number of rotatable bonds is 7. The average molecular weight is 382 g/mol. The van der Waals surface area contributed by atoms with Crippen LogP contribution in [0.1, 0.15) is 12.5 Å². The quantitative estimate of drug-likeness (QED) is 0.211. The first-order valence-corrected chi connectivity index (χ1v) is 9.58. The Kier molecular flexibility index (Phi) is 5.43. The molecule has 0 spiro atoms. The van der Waals surface area contributed by atoms with Crippen LogP contribution in [0.25, 0.3) is 27.9 Å². The zero-order valence-electron chi connectivity index (χ0n) is 16.3. The molecule has 1 heterocycles. The third-order valence-corrected chi connectivity index (χ3v) is 4.79. The molecule has 1 aromatic heterocycles. The number of nitrogens with zero attached hydrogens (tertiary/aromatic N) is 2. The topological polar surface area (TPSA) is 35.8 Å². The van der Waals surface area contributed by atoms with Crippen LogP contribution >= 0.6 is 0 Å². The van der Waals surface area contributed by atoms with E-state index in [2.05, 4.69) is 65.7 Å². The van der Waals surface area contributed by atoms with Gasteiger partial charge in [-0.05, 0) is 60.1 Å². The highest BCUT2D eigenvalue weighted by molar-refractivity contribution is 6.09. The Morgan fingerprint density at radius 1 is 0.966 bits per heavy atom. The lowest BCUT2D eigenvalue weighted by Gasteiger charge is -2.02. The fraction of sp³-hybridized carbons (Fsp3) is 0.0800. The first-order chi connectivity index (χ1) is 14.3. The molecule has 0 bridgehead atoms. The highest BCUT2D eigenvalue weighted by atomic mass is 17.3. The van der Waals surface area contributed by atoms with Crippen LogP contribution in [0.15, 0.2) is 96.7 Å². The average Bonchev–Trinajstić information content (AvgIpc) is 3.10. The molecule has 4 nitrogen and oxygen atoms in total. The molecule has 3 aromatic carbocycles. The van der Waals surface area contributed by atoms with Crippen molar-refractivity contribution in [3.8, 4) is 5.75 Å². The predicted molar refractivity (Wildman–Crippen MR) is 120 cm³/mol. The van der Waals surface area contributed by atoms with Crippen LogP contribution in [0.4, 0.5) is 0 Å². The van der Waals surface area contributed by atoms with Gasteiger partial charge in [-0.25, -0.2) is 0 Å². The summed E-state index contributed by atoms with van der Waals surface area (Å²) in [5.41, 5.74) is 4.14. The van der Waals surface area contributed by atoms with Crippen LogP contribution in [0.3, 0.4) is 0 Å². The number of hydrogen-bond acceptors (Lipinski definition) is 3. The van der Waals surface area contributed by atoms with Crippen molar-refractivity contribution < 1.29 is 9.88 Å². The normalized spacial score (nSPS) is 12.0. The molecule has 0 saturated heterocycles. The summed E-state index contributed by atoms with van der Waals surface area (Å²) in [5, 5.41) is 6.47. The maximum absolute atomic E-state index is 5.14. The van der Waals surface area contributed by atoms with E-state index >= 15 is 0 Å². The lowest BCUT2D eigenvalue weighted by atomic mass is 10.1. The Morgan fingerprint density at radius 3 is 2.52 bits per heavy atom. The van der Waals surface area contributed by atoms with Crippen LogP contribution in [-0.4, -0.2) is 10.3 Å². The first-order valence-electron chi connectivity index (χ1n) is 9.58. The van der Waals surface area contributed by atoms with Gasteiger partial charge in [0.25, 0.3) is 0 Å². The van der Waals surface area contributed by atoms with Crippen molar-refractivity contribution >= 4 is 33.6 Å². The van der Waals surface area contributed by atoms with Gasteiger partial charge in [0.15, 0.2) is 5.75 Å². The third-order valence-electron chi connectivity index (χ3n) is 4.79. The van der Waals surface area contributed by atoms with Gasteiger partial charge in [-0.1, -0.05) is 55.1 Å². The molecule has 0 amide bonds. The second-order valence-corrected chi connectivity index (χ2v) is 6.56. The number of benzene rings is 3. The van der Waals surface area contributed by atoms with Crippen molar-refractivity contribution in [1.29, 1.82) is 0 Å². The summed E-state index contributed by atoms with van der Waals surface area (Å²) in [5.74, 6) is 0.585. The Balaban J connectivity index is 1.57. The zero-order valence-corrected chi connectivity index (χ0v) is 16.3. The monoisotopic (exact) mass is 382 g/mol. The fourth-order valence-electron chi connectivity index (χ4n) is 3.41. The van der Waals surface area contributed by atoms with Crippen molar-refractivity contribution in [2.75, 3.05) is 0 Å². The van der Waals surface area contributed by atoms with Crippen molar-refractivity contribution in [1.82, 2.24) is 4.57 Å². The van der Waals surface area contributed by atoms with E-state index in [4.69, 9.17) is 9.88 Å².